The van der Waals surface area contributed by atoms with E-state index in [9.17, 15) is 4.79 Å². The molecule has 5 heteroatoms. The minimum atomic E-state index is -0.516. The monoisotopic (exact) mass is 263 g/mol. The highest BCUT2D eigenvalue weighted by Crippen LogP contribution is 2.29. The number of rotatable bonds is 4. The summed E-state index contributed by atoms with van der Waals surface area (Å²) >= 11 is 0. The van der Waals surface area contributed by atoms with Crippen LogP contribution in [-0.2, 0) is 0 Å². The number of primary amides is 1. The summed E-state index contributed by atoms with van der Waals surface area (Å²) in [5.74, 6) is -0.0216. The quantitative estimate of drug-likeness (QED) is 0.860. The summed E-state index contributed by atoms with van der Waals surface area (Å²) in [6.45, 7) is 4.03. The molecule has 2 rings (SSSR count). The van der Waals surface area contributed by atoms with Gasteiger partial charge in [-0.1, -0.05) is 12.8 Å². The van der Waals surface area contributed by atoms with Crippen molar-refractivity contribution in [2.45, 2.75) is 45.1 Å². The molecule has 0 aliphatic heterocycles. The molecule has 4 N–H and O–H groups in total. The molecule has 0 radical (unpaired) electrons. The maximum atomic E-state index is 11.5. The highest BCUT2D eigenvalue weighted by Gasteiger charge is 2.30. The van der Waals surface area contributed by atoms with Gasteiger partial charge in [0, 0.05) is 11.8 Å². The average molecular weight is 263 g/mol. The molecule has 1 heterocycles. The second kappa shape index (κ2) is 5.17. The van der Waals surface area contributed by atoms with Gasteiger partial charge in [0.2, 0.25) is 0 Å². The zero-order valence-electron chi connectivity index (χ0n) is 11.5. The maximum absolute atomic E-state index is 11.5. The third kappa shape index (κ3) is 3.04. The molecule has 19 heavy (non-hydrogen) atoms. The Morgan fingerprint density at radius 2 is 2.05 bits per heavy atom. The standard InChI is InChI=1S/C14H21N3O2/c1-9-7-11(12(13(15)18)10(2)17-9)19-8-14(16)5-3-4-6-14/h7H,3-6,8,16H2,1-2H3,(H2,15,18). The zero-order chi connectivity index (χ0) is 14.0. The van der Waals surface area contributed by atoms with Crippen LogP contribution in [0.2, 0.25) is 0 Å². The minimum Gasteiger partial charge on any atom is -0.491 e. The minimum absolute atomic E-state index is 0.278. The normalized spacial score (nSPS) is 17.4. The summed E-state index contributed by atoms with van der Waals surface area (Å²) in [7, 11) is 0. The number of carbonyl (C=O) groups excluding carboxylic acids is 1. The van der Waals surface area contributed by atoms with Crippen molar-refractivity contribution in [2.75, 3.05) is 6.61 Å². The lowest BCUT2D eigenvalue weighted by Crippen LogP contribution is -2.42. The second-order valence-corrected chi connectivity index (χ2v) is 5.44. The lowest BCUT2D eigenvalue weighted by atomic mass is 10.0. The highest BCUT2D eigenvalue weighted by molar-refractivity contribution is 5.96. The summed E-state index contributed by atoms with van der Waals surface area (Å²) in [5.41, 5.74) is 13.1. The Balaban J connectivity index is 2.21. The fourth-order valence-electron chi connectivity index (χ4n) is 2.65. The Kier molecular flexibility index (Phi) is 3.75. The van der Waals surface area contributed by atoms with Crippen LogP contribution in [0.1, 0.15) is 47.4 Å². The van der Waals surface area contributed by atoms with Crippen molar-refractivity contribution in [1.29, 1.82) is 0 Å². The van der Waals surface area contributed by atoms with E-state index < -0.39 is 5.91 Å². The largest absolute Gasteiger partial charge is 0.491 e. The van der Waals surface area contributed by atoms with E-state index in [-0.39, 0.29) is 5.54 Å². The van der Waals surface area contributed by atoms with E-state index in [0.29, 0.717) is 23.6 Å². The van der Waals surface area contributed by atoms with Gasteiger partial charge in [-0.25, -0.2) is 0 Å². The molecule has 1 saturated carbocycles. The van der Waals surface area contributed by atoms with E-state index in [1.165, 1.54) is 0 Å². The number of hydrogen-bond donors (Lipinski definition) is 2. The van der Waals surface area contributed by atoms with Crippen molar-refractivity contribution >= 4 is 5.91 Å². The molecule has 0 unspecified atom stereocenters. The van der Waals surface area contributed by atoms with E-state index >= 15 is 0 Å². The Morgan fingerprint density at radius 3 is 2.63 bits per heavy atom. The molecular weight excluding hydrogens is 242 g/mol. The number of carbonyl (C=O) groups is 1. The van der Waals surface area contributed by atoms with Crippen LogP contribution in [0.25, 0.3) is 0 Å². The van der Waals surface area contributed by atoms with Crippen molar-refractivity contribution in [2.24, 2.45) is 11.5 Å². The molecule has 1 aliphatic carbocycles. The molecule has 0 atom stereocenters. The number of ether oxygens (including phenoxy) is 1. The first-order valence-corrected chi connectivity index (χ1v) is 6.61. The Morgan fingerprint density at radius 1 is 1.42 bits per heavy atom. The van der Waals surface area contributed by atoms with Crippen molar-refractivity contribution in [3.8, 4) is 5.75 Å². The van der Waals surface area contributed by atoms with Gasteiger partial charge in [0.15, 0.2) is 0 Å². The topological polar surface area (TPSA) is 91.2 Å². The first kappa shape index (κ1) is 13.8. The van der Waals surface area contributed by atoms with Crippen molar-refractivity contribution in [3.63, 3.8) is 0 Å². The lowest BCUT2D eigenvalue weighted by molar-refractivity contribution is 0.0993. The molecule has 104 valence electrons. The summed E-state index contributed by atoms with van der Waals surface area (Å²) in [6, 6.07) is 1.74. The molecule has 1 fully saturated rings. The number of aromatic nitrogens is 1. The predicted molar refractivity (Wildman–Crippen MR) is 73.1 cm³/mol. The molecule has 0 aromatic carbocycles. The molecule has 0 saturated heterocycles. The summed E-state index contributed by atoms with van der Waals surface area (Å²) < 4.78 is 5.78. The summed E-state index contributed by atoms with van der Waals surface area (Å²) in [4.78, 5) is 15.7. The number of nitrogens with two attached hydrogens (primary N) is 2. The highest BCUT2D eigenvalue weighted by atomic mass is 16.5. The molecule has 1 aliphatic rings. The molecule has 1 aromatic rings. The maximum Gasteiger partial charge on any atom is 0.254 e. The van der Waals surface area contributed by atoms with Gasteiger partial charge in [0.25, 0.3) is 5.91 Å². The van der Waals surface area contributed by atoms with E-state index in [1.54, 1.807) is 13.0 Å². The van der Waals surface area contributed by atoms with Crippen LogP contribution in [-0.4, -0.2) is 23.0 Å². The van der Waals surface area contributed by atoms with Gasteiger partial charge in [0.05, 0.1) is 11.2 Å². The number of pyridine rings is 1. The van der Waals surface area contributed by atoms with Crippen LogP contribution < -0.4 is 16.2 Å². The van der Waals surface area contributed by atoms with Crippen LogP contribution in [0.3, 0.4) is 0 Å². The fraction of sp³-hybridized carbons (Fsp3) is 0.571. The molecule has 1 amide bonds. The van der Waals surface area contributed by atoms with Gasteiger partial charge in [-0.3, -0.25) is 9.78 Å². The molecule has 1 aromatic heterocycles. The molecule has 0 spiro atoms. The van der Waals surface area contributed by atoms with E-state index in [4.69, 9.17) is 16.2 Å². The van der Waals surface area contributed by atoms with Crippen LogP contribution in [0.4, 0.5) is 0 Å². The van der Waals surface area contributed by atoms with E-state index in [1.807, 2.05) is 6.92 Å². The van der Waals surface area contributed by atoms with Gasteiger partial charge in [-0.2, -0.15) is 0 Å². The Labute approximate surface area is 113 Å². The second-order valence-electron chi connectivity index (χ2n) is 5.44. The first-order chi connectivity index (χ1) is 8.91. The molecule has 5 nitrogen and oxygen atoms in total. The van der Waals surface area contributed by atoms with Crippen molar-refractivity contribution < 1.29 is 9.53 Å². The first-order valence-electron chi connectivity index (χ1n) is 6.61. The van der Waals surface area contributed by atoms with E-state index in [2.05, 4.69) is 4.98 Å². The van der Waals surface area contributed by atoms with Crippen LogP contribution in [0.5, 0.6) is 5.75 Å². The average Bonchev–Trinajstić information content (AvgIpc) is 2.72. The van der Waals surface area contributed by atoms with Gasteiger partial charge >= 0.3 is 0 Å². The number of hydrogen-bond acceptors (Lipinski definition) is 4. The summed E-state index contributed by atoms with van der Waals surface area (Å²) in [5, 5.41) is 0. The zero-order valence-corrected chi connectivity index (χ0v) is 11.5. The number of aryl methyl sites for hydroxylation is 2. The van der Waals surface area contributed by atoms with Gasteiger partial charge in [0.1, 0.15) is 17.9 Å². The van der Waals surface area contributed by atoms with Gasteiger partial charge in [-0.15, -0.1) is 0 Å². The van der Waals surface area contributed by atoms with Gasteiger partial charge in [-0.05, 0) is 26.7 Å². The molecular formula is C14H21N3O2. The Hall–Kier alpha value is -1.62. The number of nitrogens with zero attached hydrogens (tertiary/aromatic N) is 1. The third-order valence-electron chi connectivity index (χ3n) is 3.65. The van der Waals surface area contributed by atoms with Crippen LogP contribution in [0.15, 0.2) is 6.07 Å². The van der Waals surface area contributed by atoms with Crippen LogP contribution >= 0.6 is 0 Å². The van der Waals surface area contributed by atoms with Gasteiger partial charge < -0.3 is 16.2 Å². The van der Waals surface area contributed by atoms with E-state index in [0.717, 1.165) is 31.4 Å². The fourth-order valence-corrected chi connectivity index (χ4v) is 2.65. The van der Waals surface area contributed by atoms with Crippen molar-refractivity contribution in [1.82, 2.24) is 4.98 Å². The summed E-state index contributed by atoms with van der Waals surface area (Å²) in [6.07, 6.45) is 4.19. The Bertz CT molecular complexity index is 494. The third-order valence-corrected chi connectivity index (χ3v) is 3.65. The van der Waals surface area contributed by atoms with Crippen molar-refractivity contribution in [3.05, 3.63) is 23.0 Å². The number of amides is 1. The van der Waals surface area contributed by atoms with Crippen LogP contribution in [0, 0.1) is 13.8 Å². The SMILES string of the molecule is Cc1cc(OCC2(N)CCCC2)c(C(N)=O)c(C)n1. The lowest BCUT2D eigenvalue weighted by Gasteiger charge is -2.24. The molecule has 0 bridgehead atoms. The predicted octanol–water partition coefficient (Wildman–Crippen LogP) is 1.45. The smallest absolute Gasteiger partial charge is 0.254 e.